The average molecular weight is 639 g/mol. The van der Waals surface area contributed by atoms with E-state index in [9.17, 15) is 18.0 Å². The van der Waals surface area contributed by atoms with Gasteiger partial charge in [-0.1, -0.05) is 89.9 Å². The molecule has 0 saturated carbocycles. The van der Waals surface area contributed by atoms with Crippen molar-refractivity contribution in [1.82, 2.24) is 10.2 Å². The van der Waals surface area contributed by atoms with E-state index in [-0.39, 0.29) is 35.5 Å². The van der Waals surface area contributed by atoms with Gasteiger partial charge in [0, 0.05) is 29.1 Å². The molecule has 43 heavy (non-hydrogen) atoms. The van der Waals surface area contributed by atoms with Crippen LogP contribution in [0.2, 0.25) is 10.0 Å². The zero-order chi connectivity index (χ0) is 31.0. The fourth-order valence-corrected chi connectivity index (χ4v) is 6.33. The third-order valence-electron chi connectivity index (χ3n) is 6.67. The Hall–Kier alpha value is -3.85. The standard InChI is InChI=1S/C33H33Cl2N3O4S/c1-24(2)36-33(40)31(20-25-10-5-3-6-11-25)37(22-26-12-7-4-8-13-26)32(39)23-38(29-15-9-14-28(35)21-29)43(41,42)30-18-16-27(34)17-19-30/h3-19,21,24,31H,20,22-23H2,1-2H3,(H,36,40)/t31-/m1/s1. The summed E-state index contributed by atoms with van der Waals surface area (Å²) in [6.45, 7) is 3.21. The Kier molecular flexibility index (Phi) is 10.9. The van der Waals surface area contributed by atoms with Gasteiger partial charge in [0.05, 0.1) is 10.6 Å². The van der Waals surface area contributed by atoms with Crippen LogP contribution in [0.15, 0.2) is 114 Å². The summed E-state index contributed by atoms with van der Waals surface area (Å²) < 4.78 is 29.0. The minimum Gasteiger partial charge on any atom is -0.352 e. The molecule has 1 N–H and O–H groups in total. The van der Waals surface area contributed by atoms with Crippen molar-refractivity contribution in [1.29, 1.82) is 0 Å². The molecule has 4 aromatic carbocycles. The Morgan fingerprint density at radius 1 is 0.767 bits per heavy atom. The van der Waals surface area contributed by atoms with Crippen molar-refractivity contribution in [3.63, 3.8) is 0 Å². The number of hydrogen-bond donors (Lipinski definition) is 1. The van der Waals surface area contributed by atoms with Crippen LogP contribution in [-0.4, -0.2) is 43.8 Å². The predicted molar refractivity (Wildman–Crippen MR) is 172 cm³/mol. The van der Waals surface area contributed by atoms with Crippen LogP contribution in [0.1, 0.15) is 25.0 Å². The number of hydrogen-bond acceptors (Lipinski definition) is 4. The zero-order valence-corrected chi connectivity index (χ0v) is 26.2. The van der Waals surface area contributed by atoms with Crippen molar-refractivity contribution in [3.8, 4) is 0 Å². The quantitative estimate of drug-likeness (QED) is 0.196. The first-order valence-corrected chi connectivity index (χ1v) is 16.0. The molecule has 0 aliphatic rings. The normalized spacial score (nSPS) is 12.0. The lowest BCUT2D eigenvalue weighted by Gasteiger charge is -2.34. The largest absolute Gasteiger partial charge is 0.352 e. The van der Waals surface area contributed by atoms with Crippen molar-refractivity contribution in [2.45, 2.75) is 43.8 Å². The van der Waals surface area contributed by atoms with Gasteiger partial charge in [-0.15, -0.1) is 0 Å². The summed E-state index contributed by atoms with van der Waals surface area (Å²) in [5.74, 6) is -0.890. The minimum absolute atomic E-state index is 0.0438. The van der Waals surface area contributed by atoms with Gasteiger partial charge in [-0.25, -0.2) is 8.42 Å². The van der Waals surface area contributed by atoms with Crippen LogP contribution in [0, 0.1) is 0 Å². The second-order valence-corrected chi connectivity index (χ2v) is 13.1. The van der Waals surface area contributed by atoms with Crippen LogP contribution in [0.3, 0.4) is 0 Å². The van der Waals surface area contributed by atoms with E-state index in [2.05, 4.69) is 5.32 Å². The van der Waals surface area contributed by atoms with Crippen LogP contribution < -0.4 is 9.62 Å². The van der Waals surface area contributed by atoms with Crippen molar-refractivity contribution < 1.29 is 18.0 Å². The number of sulfonamides is 1. The number of halogens is 2. The summed E-state index contributed by atoms with van der Waals surface area (Å²) >= 11 is 12.3. The van der Waals surface area contributed by atoms with Gasteiger partial charge in [0.25, 0.3) is 10.0 Å². The van der Waals surface area contributed by atoms with Crippen molar-refractivity contribution in [2.75, 3.05) is 10.8 Å². The van der Waals surface area contributed by atoms with E-state index in [1.54, 1.807) is 18.2 Å². The summed E-state index contributed by atoms with van der Waals surface area (Å²) in [5.41, 5.74) is 1.86. The van der Waals surface area contributed by atoms with Gasteiger partial charge in [-0.2, -0.15) is 0 Å². The molecule has 0 aliphatic carbocycles. The van der Waals surface area contributed by atoms with Gasteiger partial charge in [-0.3, -0.25) is 13.9 Å². The molecule has 0 heterocycles. The van der Waals surface area contributed by atoms with Crippen LogP contribution in [0.5, 0.6) is 0 Å². The van der Waals surface area contributed by atoms with Crippen LogP contribution in [0.25, 0.3) is 0 Å². The summed E-state index contributed by atoms with van der Waals surface area (Å²) in [4.78, 5) is 29.4. The van der Waals surface area contributed by atoms with Crippen LogP contribution in [-0.2, 0) is 32.6 Å². The number of carbonyl (C=O) groups excluding carboxylic acids is 2. The SMILES string of the molecule is CC(C)NC(=O)[C@@H](Cc1ccccc1)N(Cc1ccccc1)C(=O)CN(c1cccc(Cl)c1)S(=O)(=O)c1ccc(Cl)cc1. The highest BCUT2D eigenvalue weighted by molar-refractivity contribution is 7.92. The number of nitrogens with zero attached hydrogens (tertiary/aromatic N) is 2. The van der Waals surface area contributed by atoms with Crippen molar-refractivity contribution in [3.05, 3.63) is 130 Å². The zero-order valence-electron chi connectivity index (χ0n) is 23.9. The third-order valence-corrected chi connectivity index (χ3v) is 8.95. The van der Waals surface area contributed by atoms with E-state index in [0.717, 1.165) is 15.4 Å². The molecule has 0 aromatic heterocycles. The number of amides is 2. The van der Waals surface area contributed by atoms with E-state index >= 15 is 0 Å². The molecular formula is C33H33Cl2N3O4S. The monoisotopic (exact) mass is 637 g/mol. The highest BCUT2D eigenvalue weighted by atomic mass is 35.5. The predicted octanol–water partition coefficient (Wildman–Crippen LogP) is 6.35. The molecule has 4 rings (SSSR count). The van der Waals surface area contributed by atoms with E-state index in [1.807, 2.05) is 74.5 Å². The number of carbonyl (C=O) groups is 2. The molecule has 2 amide bonds. The van der Waals surface area contributed by atoms with Gasteiger partial charge in [0.15, 0.2) is 0 Å². The molecule has 0 saturated heterocycles. The molecule has 0 aliphatic heterocycles. The van der Waals surface area contributed by atoms with Gasteiger partial charge in [0.2, 0.25) is 11.8 Å². The molecule has 7 nitrogen and oxygen atoms in total. The Morgan fingerprint density at radius 3 is 1.95 bits per heavy atom. The minimum atomic E-state index is -4.24. The van der Waals surface area contributed by atoms with E-state index in [0.29, 0.717) is 10.0 Å². The number of benzene rings is 4. The smallest absolute Gasteiger partial charge is 0.264 e. The van der Waals surface area contributed by atoms with Gasteiger partial charge < -0.3 is 10.2 Å². The molecule has 224 valence electrons. The topological polar surface area (TPSA) is 86.8 Å². The third kappa shape index (κ3) is 8.60. The average Bonchev–Trinajstić information content (AvgIpc) is 2.98. The first-order chi connectivity index (χ1) is 20.5. The number of rotatable bonds is 12. The van der Waals surface area contributed by atoms with Crippen molar-refractivity contribution >= 4 is 50.7 Å². The molecule has 0 unspecified atom stereocenters. The summed E-state index contributed by atoms with van der Waals surface area (Å²) in [7, 11) is -4.24. The summed E-state index contributed by atoms with van der Waals surface area (Å²) in [5, 5.41) is 3.62. The second-order valence-electron chi connectivity index (χ2n) is 10.3. The van der Waals surface area contributed by atoms with Crippen molar-refractivity contribution in [2.24, 2.45) is 0 Å². The molecular weight excluding hydrogens is 605 g/mol. The Labute approximate surface area is 263 Å². The Bertz CT molecular complexity index is 1630. The molecule has 1 atom stereocenters. The lowest BCUT2D eigenvalue weighted by Crippen LogP contribution is -2.54. The molecule has 4 aromatic rings. The lowest BCUT2D eigenvalue weighted by atomic mass is 10.0. The van der Waals surface area contributed by atoms with Crippen LogP contribution in [0.4, 0.5) is 5.69 Å². The van der Waals surface area contributed by atoms with E-state index in [4.69, 9.17) is 23.2 Å². The van der Waals surface area contributed by atoms with Gasteiger partial charge in [0.1, 0.15) is 12.6 Å². The fourth-order valence-electron chi connectivity index (χ4n) is 4.61. The first kappa shape index (κ1) is 32.1. The van der Waals surface area contributed by atoms with E-state index < -0.39 is 28.5 Å². The Morgan fingerprint density at radius 2 is 1.37 bits per heavy atom. The summed E-state index contributed by atoms with van der Waals surface area (Å²) in [6.07, 6.45) is 0.235. The molecule has 0 fully saturated rings. The first-order valence-electron chi connectivity index (χ1n) is 13.8. The molecule has 0 spiro atoms. The highest BCUT2D eigenvalue weighted by Crippen LogP contribution is 2.28. The Balaban J connectivity index is 1.79. The maximum absolute atomic E-state index is 14.4. The second kappa shape index (κ2) is 14.6. The lowest BCUT2D eigenvalue weighted by molar-refractivity contribution is -0.140. The summed E-state index contributed by atoms with van der Waals surface area (Å²) in [6, 6.07) is 29.6. The maximum Gasteiger partial charge on any atom is 0.264 e. The number of anilines is 1. The number of nitrogens with one attached hydrogen (secondary N) is 1. The maximum atomic E-state index is 14.4. The van der Waals surface area contributed by atoms with Gasteiger partial charge in [-0.05, 0) is 67.4 Å². The molecule has 10 heteroatoms. The van der Waals surface area contributed by atoms with Crippen LogP contribution >= 0.6 is 23.2 Å². The van der Waals surface area contributed by atoms with Gasteiger partial charge >= 0.3 is 0 Å². The molecule has 0 bridgehead atoms. The highest BCUT2D eigenvalue weighted by Gasteiger charge is 2.34. The fraction of sp³-hybridized carbons (Fsp3) is 0.212. The van der Waals surface area contributed by atoms with E-state index in [1.165, 1.54) is 35.2 Å². The molecule has 0 radical (unpaired) electrons.